The highest BCUT2D eigenvalue weighted by Crippen LogP contribution is 2.19. The molecule has 6 nitrogen and oxygen atoms in total. The van der Waals surface area contributed by atoms with Crippen LogP contribution in [0.2, 0.25) is 0 Å². The zero-order valence-corrected chi connectivity index (χ0v) is 43.2. The van der Waals surface area contributed by atoms with E-state index in [0.717, 1.165) is 51.4 Å². The van der Waals surface area contributed by atoms with Gasteiger partial charge in [-0.1, -0.05) is 270 Å². The number of unbranched alkanes of at least 4 members (excludes halogenated alkanes) is 37. The Morgan fingerprint density at radius 3 is 1.19 bits per heavy atom. The molecule has 0 spiro atoms. The molecule has 3 atom stereocenters. The lowest BCUT2D eigenvalue weighted by atomic mass is 10.0. The maximum Gasteiger partial charge on any atom is 0.306 e. The summed E-state index contributed by atoms with van der Waals surface area (Å²) in [5.74, 6) is -0.468. The van der Waals surface area contributed by atoms with Crippen LogP contribution >= 0.6 is 0 Å². The van der Waals surface area contributed by atoms with Gasteiger partial charge in [-0.05, 0) is 51.4 Å². The number of amides is 1. The van der Waals surface area contributed by atoms with Crippen molar-refractivity contribution in [3.8, 4) is 0 Å². The predicted octanol–water partition coefficient (Wildman–Crippen LogP) is 17.5. The third-order valence-electron chi connectivity index (χ3n) is 13.3. The van der Waals surface area contributed by atoms with E-state index < -0.39 is 18.2 Å². The minimum Gasteiger partial charge on any atom is -0.462 e. The van der Waals surface area contributed by atoms with Crippen LogP contribution in [0, 0.1) is 0 Å². The number of aliphatic hydroxyl groups is 2. The van der Waals surface area contributed by atoms with E-state index >= 15 is 0 Å². The Kier molecular flexibility index (Phi) is 51.0. The molecule has 0 aliphatic carbocycles. The Morgan fingerprint density at radius 1 is 0.453 bits per heavy atom. The Balaban J connectivity index is 4.55. The van der Waals surface area contributed by atoms with E-state index in [1.54, 1.807) is 0 Å². The van der Waals surface area contributed by atoms with Crippen LogP contribution in [0.15, 0.2) is 24.3 Å². The number of carbonyl (C=O) groups excluding carboxylic acids is 2. The van der Waals surface area contributed by atoms with Crippen LogP contribution in [0.25, 0.3) is 0 Å². The molecule has 3 unspecified atom stereocenters. The largest absolute Gasteiger partial charge is 0.462 e. The third kappa shape index (κ3) is 46.9. The van der Waals surface area contributed by atoms with Gasteiger partial charge in [0.2, 0.25) is 5.91 Å². The quantitative estimate of drug-likeness (QED) is 0.0321. The van der Waals surface area contributed by atoms with Gasteiger partial charge in [-0.2, -0.15) is 0 Å². The van der Waals surface area contributed by atoms with Crippen LogP contribution in [-0.2, 0) is 14.3 Å². The van der Waals surface area contributed by atoms with Gasteiger partial charge in [0.15, 0.2) is 0 Å². The van der Waals surface area contributed by atoms with Crippen molar-refractivity contribution in [2.75, 3.05) is 6.61 Å². The van der Waals surface area contributed by atoms with Gasteiger partial charge in [0, 0.05) is 6.42 Å². The highest BCUT2D eigenvalue weighted by atomic mass is 16.5. The second-order valence-corrected chi connectivity index (χ2v) is 19.7. The van der Waals surface area contributed by atoms with Crippen molar-refractivity contribution in [1.29, 1.82) is 0 Å². The number of esters is 1. The minimum absolute atomic E-state index is 0.0790. The SMILES string of the molecule is CCCCC/C=C/C=C/CCCCCCCCC(=O)OC(CCCCCCCCCCCCCCCCCCC)CC(=O)NC(CO)C(O)CCCCCCCCCCCCCCC. The predicted molar refractivity (Wildman–Crippen MR) is 278 cm³/mol. The fourth-order valence-corrected chi connectivity index (χ4v) is 8.95. The van der Waals surface area contributed by atoms with Crippen molar-refractivity contribution in [3.05, 3.63) is 24.3 Å². The van der Waals surface area contributed by atoms with Gasteiger partial charge in [0.1, 0.15) is 6.10 Å². The normalized spacial score (nSPS) is 13.3. The number of nitrogens with one attached hydrogen (secondary N) is 1. The molecule has 0 saturated heterocycles. The number of ether oxygens (including phenoxy) is 1. The molecule has 0 aromatic carbocycles. The van der Waals surface area contributed by atoms with Crippen molar-refractivity contribution in [2.24, 2.45) is 0 Å². The summed E-state index contributed by atoms with van der Waals surface area (Å²) < 4.78 is 5.96. The van der Waals surface area contributed by atoms with E-state index in [2.05, 4.69) is 50.4 Å². The van der Waals surface area contributed by atoms with Gasteiger partial charge in [0.25, 0.3) is 0 Å². The molecule has 6 heteroatoms. The molecule has 64 heavy (non-hydrogen) atoms. The Bertz CT molecular complexity index is 1010. The summed E-state index contributed by atoms with van der Waals surface area (Å²) in [6, 6.07) is -0.699. The first-order chi connectivity index (χ1) is 31.5. The Morgan fingerprint density at radius 2 is 0.781 bits per heavy atom. The first kappa shape index (κ1) is 62.3. The lowest BCUT2D eigenvalue weighted by molar-refractivity contribution is -0.151. The molecular weight excluding hydrogens is 791 g/mol. The topological polar surface area (TPSA) is 95.9 Å². The van der Waals surface area contributed by atoms with Gasteiger partial charge in [-0.15, -0.1) is 0 Å². The first-order valence-electron chi connectivity index (χ1n) is 28.6. The number of hydrogen-bond donors (Lipinski definition) is 3. The van der Waals surface area contributed by atoms with Crippen molar-refractivity contribution < 1.29 is 24.5 Å². The summed E-state index contributed by atoms with van der Waals surface area (Å²) >= 11 is 0. The molecule has 0 aliphatic heterocycles. The molecule has 0 aromatic heterocycles. The maximum atomic E-state index is 13.3. The number of carbonyl (C=O) groups is 2. The van der Waals surface area contributed by atoms with Gasteiger partial charge < -0.3 is 20.3 Å². The van der Waals surface area contributed by atoms with Gasteiger partial charge in [0.05, 0.1) is 25.2 Å². The molecule has 378 valence electrons. The van der Waals surface area contributed by atoms with E-state index in [1.807, 2.05) is 0 Å². The minimum atomic E-state index is -0.786. The van der Waals surface area contributed by atoms with Crippen LogP contribution in [0.1, 0.15) is 310 Å². The Hall–Kier alpha value is -1.66. The molecule has 0 heterocycles. The van der Waals surface area contributed by atoms with Crippen LogP contribution in [0.3, 0.4) is 0 Å². The molecule has 0 aliphatic rings. The molecule has 1 amide bonds. The highest BCUT2D eigenvalue weighted by Gasteiger charge is 2.24. The third-order valence-corrected chi connectivity index (χ3v) is 13.3. The first-order valence-corrected chi connectivity index (χ1v) is 28.6. The highest BCUT2D eigenvalue weighted by molar-refractivity contribution is 5.77. The fourth-order valence-electron chi connectivity index (χ4n) is 8.95. The van der Waals surface area contributed by atoms with Gasteiger partial charge in [-0.3, -0.25) is 9.59 Å². The average molecular weight is 903 g/mol. The van der Waals surface area contributed by atoms with E-state index in [9.17, 15) is 19.8 Å². The molecular formula is C58H111NO5. The summed E-state index contributed by atoms with van der Waals surface area (Å²) in [6.45, 7) is 6.49. The average Bonchev–Trinajstić information content (AvgIpc) is 3.29. The smallest absolute Gasteiger partial charge is 0.306 e. The monoisotopic (exact) mass is 902 g/mol. The molecule has 0 saturated carbocycles. The van der Waals surface area contributed by atoms with Gasteiger partial charge >= 0.3 is 5.97 Å². The molecule has 0 radical (unpaired) electrons. The zero-order chi connectivity index (χ0) is 46.7. The van der Waals surface area contributed by atoms with Crippen LogP contribution in [0.4, 0.5) is 0 Å². The van der Waals surface area contributed by atoms with Crippen LogP contribution in [-0.4, -0.2) is 46.9 Å². The van der Waals surface area contributed by atoms with E-state index in [4.69, 9.17) is 4.74 Å². The van der Waals surface area contributed by atoms with Crippen LogP contribution < -0.4 is 5.32 Å². The fraction of sp³-hybridized carbons (Fsp3) is 0.897. The van der Waals surface area contributed by atoms with Crippen LogP contribution in [0.5, 0.6) is 0 Å². The second kappa shape index (κ2) is 52.3. The van der Waals surface area contributed by atoms with Crippen molar-refractivity contribution in [1.82, 2.24) is 5.32 Å². The summed E-state index contributed by atoms with van der Waals surface area (Å²) in [5, 5.41) is 23.9. The molecule has 0 bridgehead atoms. The summed E-state index contributed by atoms with van der Waals surface area (Å²) in [5.41, 5.74) is 0. The number of allylic oxidation sites excluding steroid dienone is 4. The van der Waals surface area contributed by atoms with E-state index in [0.29, 0.717) is 19.3 Å². The second-order valence-electron chi connectivity index (χ2n) is 19.7. The van der Waals surface area contributed by atoms with Crippen molar-refractivity contribution >= 4 is 11.9 Å². The number of hydrogen-bond acceptors (Lipinski definition) is 5. The molecule has 0 fully saturated rings. The van der Waals surface area contributed by atoms with Crippen molar-refractivity contribution in [3.63, 3.8) is 0 Å². The van der Waals surface area contributed by atoms with E-state index in [-0.39, 0.29) is 24.9 Å². The lowest BCUT2D eigenvalue weighted by Crippen LogP contribution is -2.46. The summed E-state index contributed by atoms with van der Waals surface area (Å²) in [7, 11) is 0. The standard InChI is InChI=1S/C58H111NO5/c1-4-7-10-13-16-19-22-25-27-28-30-32-34-37-40-43-46-49-54(64-58(63)51-48-45-42-39-36-33-29-26-23-20-17-14-11-8-5-2)52-57(62)59-55(53-60)56(61)50-47-44-41-38-35-31-24-21-18-15-12-9-6-3/h17,20,23,26,54-56,60-61H,4-16,18-19,21-22,24-25,27-53H2,1-3H3,(H,59,62)/b20-17+,26-23+. The summed E-state index contributed by atoms with van der Waals surface area (Å²) in [4.78, 5) is 26.2. The molecule has 0 rings (SSSR count). The molecule has 0 aromatic rings. The number of rotatable bonds is 52. The number of aliphatic hydroxyl groups excluding tert-OH is 2. The Labute approximate surface area is 399 Å². The van der Waals surface area contributed by atoms with Crippen molar-refractivity contribution in [2.45, 2.75) is 328 Å². The van der Waals surface area contributed by atoms with Gasteiger partial charge in [-0.25, -0.2) is 0 Å². The molecule has 3 N–H and O–H groups in total. The maximum absolute atomic E-state index is 13.3. The lowest BCUT2D eigenvalue weighted by Gasteiger charge is -2.24. The summed E-state index contributed by atoms with van der Waals surface area (Å²) in [6.07, 6.45) is 60.9. The van der Waals surface area contributed by atoms with E-state index in [1.165, 1.54) is 212 Å². The zero-order valence-electron chi connectivity index (χ0n) is 43.2.